The highest BCUT2D eigenvalue weighted by Crippen LogP contribution is 2.18. The largest absolute Gasteiger partial charge is 0.478 e. The lowest BCUT2D eigenvalue weighted by molar-refractivity contribution is 0.0695. The number of hydrogen-bond acceptors (Lipinski definition) is 3. The molecule has 5 heteroatoms. The molecule has 0 amide bonds. The summed E-state index contributed by atoms with van der Waals surface area (Å²) in [6.45, 7) is 4.49. The van der Waals surface area contributed by atoms with Crippen LogP contribution < -0.4 is 0 Å². The van der Waals surface area contributed by atoms with E-state index < -0.39 is 5.97 Å². The highest BCUT2D eigenvalue weighted by Gasteiger charge is 2.11. The van der Waals surface area contributed by atoms with Gasteiger partial charge in [0.1, 0.15) is 5.65 Å². The number of aromatic carboxylic acids is 1. The monoisotopic (exact) mass is 248 g/mol. The Hall–Kier alpha value is -1.75. The van der Waals surface area contributed by atoms with E-state index in [-0.39, 0.29) is 5.56 Å². The number of aromatic nitrogens is 2. The number of carboxylic acid groups (broad SMARTS) is 1. The van der Waals surface area contributed by atoms with Crippen LogP contribution in [0.15, 0.2) is 18.3 Å². The van der Waals surface area contributed by atoms with Crippen LogP contribution in [0.1, 0.15) is 23.0 Å². The third kappa shape index (κ3) is 1.93. The number of rotatable bonds is 2. The number of fused-ring (bicyclic) bond motifs is 1. The van der Waals surface area contributed by atoms with Gasteiger partial charge in [-0.05, 0) is 26.0 Å². The van der Waals surface area contributed by atoms with E-state index in [1.807, 2.05) is 30.5 Å². The second-order valence-corrected chi connectivity index (χ2v) is 4.20. The first-order valence-corrected chi connectivity index (χ1v) is 5.69. The Bertz CT molecular complexity index is 661. The van der Waals surface area contributed by atoms with Crippen molar-refractivity contribution in [2.75, 3.05) is 0 Å². The zero-order chi connectivity index (χ0) is 12.6. The summed E-state index contributed by atoms with van der Waals surface area (Å²) in [6.07, 6.45) is 1.56. The van der Waals surface area contributed by atoms with Crippen molar-refractivity contribution in [1.29, 1.82) is 0 Å². The lowest BCUT2D eigenvalue weighted by Gasteiger charge is -2.10. The highest BCUT2D eigenvalue weighted by atomic mass is 32.1. The van der Waals surface area contributed by atoms with Crippen LogP contribution in [0.5, 0.6) is 0 Å². The fourth-order valence-electron chi connectivity index (χ4n) is 1.75. The van der Waals surface area contributed by atoms with Crippen LogP contribution in [0.2, 0.25) is 0 Å². The summed E-state index contributed by atoms with van der Waals surface area (Å²) >= 11 is 5.19. The highest BCUT2D eigenvalue weighted by molar-refractivity contribution is 7.71. The van der Waals surface area contributed by atoms with E-state index >= 15 is 0 Å². The van der Waals surface area contributed by atoms with E-state index in [4.69, 9.17) is 17.3 Å². The van der Waals surface area contributed by atoms with Crippen LogP contribution in [0.3, 0.4) is 0 Å². The summed E-state index contributed by atoms with van der Waals surface area (Å²) in [6, 6.07) is 3.67. The predicted molar refractivity (Wildman–Crippen MR) is 67.9 cm³/mol. The van der Waals surface area contributed by atoms with E-state index in [9.17, 15) is 4.79 Å². The van der Waals surface area contributed by atoms with E-state index in [1.165, 1.54) is 0 Å². The van der Waals surface area contributed by atoms with Gasteiger partial charge in [-0.2, -0.15) is 0 Å². The van der Waals surface area contributed by atoms with Crippen molar-refractivity contribution in [3.63, 3.8) is 0 Å². The topological polar surface area (TPSA) is 55.1 Å². The molecule has 2 rings (SSSR count). The molecular weight excluding hydrogens is 236 g/mol. The molecule has 17 heavy (non-hydrogen) atoms. The smallest absolute Gasteiger partial charge is 0.338 e. The molecule has 0 saturated carbocycles. The molecule has 0 bridgehead atoms. The molecule has 1 N–H and O–H groups in total. The second-order valence-electron chi connectivity index (χ2n) is 3.79. The molecule has 0 atom stereocenters. The maximum Gasteiger partial charge on any atom is 0.338 e. The summed E-state index contributed by atoms with van der Waals surface area (Å²) in [7, 11) is 0. The average molecular weight is 248 g/mol. The van der Waals surface area contributed by atoms with Gasteiger partial charge in [-0.25, -0.2) is 9.78 Å². The SMILES string of the molecule is CCn1cc(C(=O)O)c(=S)c2ccc(C)nc21. The summed E-state index contributed by atoms with van der Waals surface area (Å²) < 4.78 is 2.16. The summed E-state index contributed by atoms with van der Waals surface area (Å²) in [5.74, 6) is -1.00. The molecule has 2 aromatic rings. The van der Waals surface area contributed by atoms with Crippen LogP contribution in [0.25, 0.3) is 11.0 Å². The number of aryl methyl sites for hydroxylation is 2. The van der Waals surface area contributed by atoms with Gasteiger partial charge in [-0.3, -0.25) is 0 Å². The van der Waals surface area contributed by atoms with Crippen LogP contribution in [-0.4, -0.2) is 20.6 Å². The Labute approximate surface area is 104 Å². The number of carbonyl (C=O) groups is 1. The van der Waals surface area contributed by atoms with Crippen molar-refractivity contribution in [2.24, 2.45) is 0 Å². The van der Waals surface area contributed by atoms with Gasteiger partial charge >= 0.3 is 5.97 Å². The fraction of sp³-hybridized carbons (Fsp3) is 0.250. The molecule has 0 aliphatic carbocycles. The third-order valence-electron chi connectivity index (χ3n) is 2.63. The molecule has 0 aromatic carbocycles. The quantitative estimate of drug-likeness (QED) is 0.830. The molecule has 4 nitrogen and oxygen atoms in total. The molecule has 2 heterocycles. The van der Waals surface area contributed by atoms with E-state index in [1.54, 1.807) is 6.20 Å². The molecule has 0 fully saturated rings. The summed E-state index contributed by atoms with van der Waals surface area (Å²) in [4.78, 5) is 15.5. The first-order chi connectivity index (χ1) is 8.04. The van der Waals surface area contributed by atoms with Gasteiger partial charge in [0, 0.05) is 23.8 Å². The van der Waals surface area contributed by atoms with Gasteiger partial charge < -0.3 is 9.67 Å². The maximum absolute atomic E-state index is 11.1. The van der Waals surface area contributed by atoms with E-state index in [0.717, 1.165) is 11.3 Å². The van der Waals surface area contributed by atoms with Crippen molar-refractivity contribution in [3.05, 3.63) is 34.1 Å². The summed E-state index contributed by atoms with van der Waals surface area (Å²) in [5.41, 5.74) is 1.78. The van der Waals surface area contributed by atoms with Gasteiger partial charge in [0.25, 0.3) is 0 Å². The number of nitrogens with zero attached hydrogens (tertiary/aromatic N) is 2. The number of carboxylic acids is 1. The number of hydrogen-bond donors (Lipinski definition) is 1. The first kappa shape index (κ1) is 11.7. The van der Waals surface area contributed by atoms with Crippen LogP contribution in [-0.2, 0) is 6.54 Å². The van der Waals surface area contributed by atoms with Crippen LogP contribution in [0, 0.1) is 11.4 Å². The van der Waals surface area contributed by atoms with Gasteiger partial charge in [-0.1, -0.05) is 12.2 Å². The molecule has 0 unspecified atom stereocenters. The minimum Gasteiger partial charge on any atom is -0.478 e. The van der Waals surface area contributed by atoms with Gasteiger partial charge in [0.2, 0.25) is 0 Å². The average Bonchev–Trinajstić information content (AvgIpc) is 2.29. The van der Waals surface area contributed by atoms with Crippen molar-refractivity contribution >= 4 is 29.2 Å². The standard InChI is InChI=1S/C12H12N2O2S/c1-3-14-6-9(12(15)16)10(17)8-5-4-7(2)13-11(8)14/h4-6H,3H2,1-2H3,(H,15,16). The molecular formula is C12H12N2O2S. The fourth-order valence-corrected chi connectivity index (χ4v) is 2.05. The normalized spacial score (nSPS) is 10.7. The van der Waals surface area contributed by atoms with E-state index in [0.29, 0.717) is 16.4 Å². The molecule has 0 aliphatic rings. The Morgan fingerprint density at radius 1 is 1.53 bits per heavy atom. The van der Waals surface area contributed by atoms with Gasteiger partial charge in [-0.15, -0.1) is 0 Å². The maximum atomic E-state index is 11.1. The molecule has 0 aliphatic heterocycles. The van der Waals surface area contributed by atoms with Crippen LogP contribution in [0.4, 0.5) is 0 Å². The lowest BCUT2D eigenvalue weighted by atomic mass is 10.2. The predicted octanol–water partition coefficient (Wildman–Crippen LogP) is 2.79. The zero-order valence-corrected chi connectivity index (χ0v) is 10.4. The minimum absolute atomic E-state index is 0.153. The Balaban J connectivity index is 2.95. The molecule has 0 radical (unpaired) electrons. The van der Waals surface area contributed by atoms with Gasteiger partial charge in [0.05, 0.1) is 10.1 Å². The van der Waals surface area contributed by atoms with E-state index in [2.05, 4.69) is 4.98 Å². The molecule has 0 saturated heterocycles. The van der Waals surface area contributed by atoms with Crippen LogP contribution >= 0.6 is 12.2 Å². The van der Waals surface area contributed by atoms with Crippen molar-refractivity contribution in [2.45, 2.75) is 20.4 Å². The van der Waals surface area contributed by atoms with Crippen molar-refractivity contribution < 1.29 is 9.90 Å². The summed E-state index contributed by atoms with van der Waals surface area (Å²) in [5, 5.41) is 9.81. The molecule has 2 aromatic heterocycles. The van der Waals surface area contributed by atoms with Crippen molar-refractivity contribution in [3.8, 4) is 0 Å². The minimum atomic E-state index is -1.00. The Kier molecular flexibility index (Phi) is 2.93. The molecule has 0 spiro atoms. The Morgan fingerprint density at radius 2 is 2.24 bits per heavy atom. The van der Waals surface area contributed by atoms with Gasteiger partial charge in [0.15, 0.2) is 0 Å². The second kappa shape index (κ2) is 4.25. The Morgan fingerprint density at radius 3 is 2.82 bits per heavy atom. The third-order valence-corrected chi connectivity index (χ3v) is 3.07. The zero-order valence-electron chi connectivity index (χ0n) is 9.60. The lowest BCUT2D eigenvalue weighted by Crippen LogP contribution is -2.07. The molecule has 88 valence electrons. The number of pyridine rings is 2. The van der Waals surface area contributed by atoms with Crippen molar-refractivity contribution in [1.82, 2.24) is 9.55 Å². The first-order valence-electron chi connectivity index (χ1n) is 5.28.